The molecule has 108 heavy (non-hydrogen) atoms. The van der Waals surface area contributed by atoms with Crippen LogP contribution in [0, 0.1) is 55.4 Å². The molecule has 0 aliphatic heterocycles. The maximum absolute atomic E-state index is 4.52. The second-order valence-electron chi connectivity index (χ2n) is 25.6. The van der Waals surface area contributed by atoms with Crippen LogP contribution in [0.3, 0.4) is 0 Å². The second kappa shape index (κ2) is 38.7. The Labute approximate surface area is 633 Å². The Kier molecular flexibility index (Phi) is 27.0. The maximum Gasteiger partial charge on any atom is 0.126 e. The summed E-state index contributed by atoms with van der Waals surface area (Å²) in [6.45, 7) is 16.0. The van der Waals surface area contributed by atoms with E-state index in [0.29, 0.717) is 0 Å². The number of para-hydroxylation sites is 6. The molecule has 0 spiro atoms. The van der Waals surface area contributed by atoms with Gasteiger partial charge in [-0.05, 0) is 181 Å². The average Bonchev–Trinajstić information content (AvgIpc) is 1.62. The molecule has 0 aliphatic rings. The smallest absolute Gasteiger partial charge is 0.126 e. The highest BCUT2D eigenvalue weighted by Crippen LogP contribution is 2.35. The van der Waals surface area contributed by atoms with Crippen LogP contribution < -0.4 is 0 Å². The fourth-order valence-corrected chi connectivity index (χ4v) is 12.1. The van der Waals surface area contributed by atoms with E-state index in [9.17, 15) is 0 Å². The van der Waals surface area contributed by atoms with Crippen molar-refractivity contribution in [1.82, 2.24) is 58.6 Å². The van der Waals surface area contributed by atoms with E-state index in [1.54, 1.807) is 61.8 Å². The minimum absolute atomic E-state index is 0.792. The molecule has 0 radical (unpaired) electrons. The Balaban J connectivity index is 0.000000125. The molecular weight excluding hydrogens is 1320 g/mol. The third-order valence-electron chi connectivity index (χ3n) is 17.3. The summed E-state index contributed by atoms with van der Waals surface area (Å²) in [4.78, 5) is 36.2. The number of aryl methyl sites for hydroxylation is 9. The van der Waals surface area contributed by atoms with Crippen molar-refractivity contribution in [2.24, 2.45) is 7.05 Å². The van der Waals surface area contributed by atoms with Crippen molar-refractivity contribution in [2.75, 3.05) is 0 Å². The summed E-state index contributed by atoms with van der Waals surface area (Å²) < 4.78 is 6.92. The lowest BCUT2D eigenvalue weighted by atomic mass is 10.1. The first-order chi connectivity index (χ1) is 52.9. The number of hydrogen-bond acceptors (Lipinski definition) is 9. The van der Waals surface area contributed by atoms with Crippen molar-refractivity contribution in [3.63, 3.8) is 0 Å². The van der Waals surface area contributed by atoms with Crippen LogP contribution in [0.15, 0.2) is 371 Å². The Morgan fingerprint density at radius 2 is 0.667 bits per heavy atom. The molecule has 532 valence electrons. The molecule has 19 aromatic rings. The van der Waals surface area contributed by atoms with Gasteiger partial charge in [0.05, 0.1) is 39.1 Å². The van der Waals surface area contributed by atoms with Gasteiger partial charge in [-0.25, -0.2) is 19.9 Å². The minimum atomic E-state index is 0.792. The number of hydrogen-bond donors (Lipinski definition) is 0. The van der Waals surface area contributed by atoms with Crippen molar-refractivity contribution in [3.8, 4) is 33.9 Å². The summed E-state index contributed by atoms with van der Waals surface area (Å²) in [5.74, 6) is 1.61. The molecule has 0 N–H and O–H groups in total. The maximum atomic E-state index is 4.52. The molecule has 12 heteroatoms. The summed E-state index contributed by atoms with van der Waals surface area (Å²) in [6, 6.07) is 107. The second-order valence-corrected chi connectivity index (χ2v) is 25.6. The van der Waals surface area contributed by atoms with Gasteiger partial charge in [0.1, 0.15) is 11.6 Å². The van der Waals surface area contributed by atoms with Crippen molar-refractivity contribution < 1.29 is 0 Å². The zero-order valence-corrected chi connectivity index (χ0v) is 62.6. The molecule has 19 rings (SSSR count). The Morgan fingerprint density at radius 3 is 1.09 bits per heavy atom. The first-order valence-electron chi connectivity index (χ1n) is 35.9. The zero-order valence-electron chi connectivity index (χ0n) is 62.6. The summed E-state index contributed by atoms with van der Waals surface area (Å²) >= 11 is 0. The van der Waals surface area contributed by atoms with E-state index in [-0.39, 0.29) is 0 Å². The lowest BCUT2D eigenvalue weighted by Crippen LogP contribution is -1.94. The van der Waals surface area contributed by atoms with Crippen molar-refractivity contribution in [2.45, 2.75) is 55.4 Å². The quantitative estimate of drug-likeness (QED) is 0.169. The lowest BCUT2D eigenvalue weighted by Gasteiger charge is -2.07. The fraction of sp³-hybridized carbons (Fsp3) is 0.0938. The molecule has 0 saturated carbocycles. The van der Waals surface area contributed by atoms with Crippen LogP contribution in [0.4, 0.5) is 0 Å². The number of benzene rings is 10. The highest BCUT2D eigenvalue weighted by Gasteiger charge is 2.14. The molecule has 9 aromatic heterocycles. The molecule has 10 aromatic carbocycles. The molecule has 12 nitrogen and oxygen atoms in total. The molecule has 0 bridgehead atoms. The Bertz CT molecular complexity index is 5550. The number of aromatic nitrogens is 12. The first kappa shape index (κ1) is 75.4. The average molecular weight is 1410 g/mol. The number of nitrogens with zero attached hydrogens (tertiary/aromatic N) is 12. The summed E-state index contributed by atoms with van der Waals surface area (Å²) in [6.07, 6.45) is 17.5. The van der Waals surface area contributed by atoms with Gasteiger partial charge >= 0.3 is 0 Å². The largest absolute Gasteiger partial charge is 0.344 e. The molecule has 0 saturated heterocycles. The van der Waals surface area contributed by atoms with E-state index < -0.39 is 0 Å². The van der Waals surface area contributed by atoms with Crippen LogP contribution >= 0.6 is 0 Å². The molecule has 0 atom stereocenters. The Hall–Kier alpha value is -13.7. The predicted octanol–water partition coefficient (Wildman–Crippen LogP) is 23.4. The highest BCUT2D eigenvalue weighted by molar-refractivity contribution is 6.11. The van der Waals surface area contributed by atoms with Gasteiger partial charge in [0, 0.05) is 141 Å². The summed E-state index contributed by atoms with van der Waals surface area (Å²) in [5, 5.41) is 7.94. The van der Waals surface area contributed by atoms with Gasteiger partial charge < -0.3 is 13.7 Å². The molecule has 0 fully saturated rings. The van der Waals surface area contributed by atoms with E-state index in [4.69, 9.17) is 0 Å². The molecule has 9 heterocycles. The van der Waals surface area contributed by atoms with Crippen LogP contribution in [0.1, 0.15) is 45.3 Å². The van der Waals surface area contributed by atoms with E-state index in [0.717, 1.165) is 45.6 Å². The van der Waals surface area contributed by atoms with Crippen LogP contribution in [0.2, 0.25) is 0 Å². The summed E-state index contributed by atoms with van der Waals surface area (Å²) in [5.41, 5.74) is 21.3. The zero-order chi connectivity index (χ0) is 75.2. The van der Waals surface area contributed by atoms with E-state index in [1.165, 1.54) is 99.0 Å². The topological polar surface area (TPSA) is 131 Å². The normalized spacial score (nSPS) is 10.3. The summed E-state index contributed by atoms with van der Waals surface area (Å²) in [7, 11) is 2.12. The van der Waals surface area contributed by atoms with Crippen LogP contribution in [-0.2, 0) is 7.05 Å². The van der Waals surface area contributed by atoms with Crippen molar-refractivity contribution in [3.05, 3.63) is 417 Å². The van der Waals surface area contributed by atoms with Gasteiger partial charge in [-0.1, -0.05) is 206 Å². The minimum Gasteiger partial charge on any atom is -0.344 e. The van der Waals surface area contributed by atoms with Gasteiger partial charge in [-0.15, -0.1) is 0 Å². The van der Waals surface area contributed by atoms with Crippen LogP contribution in [0.5, 0.6) is 0 Å². The van der Waals surface area contributed by atoms with Gasteiger partial charge in [0.2, 0.25) is 0 Å². The number of rotatable bonds is 4. The van der Waals surface area contributed by atoms with Crippen molar-refractivity contribution >= 4 is 65.4 Å². The van der Waals surface area contributed by atoms with E-state index in [1.807, 2.05) is 133 Å². The van der Waals surface area contributed by atoms with Crippen LogP contribution in [-0.4, -0.2) is 58.6 Å². The van der Waals surface area contributed by atoms with Gasteiger partial charge in [-0.2, -0.15) is 0 Å². The lowest BCUT2D eigenvalue weighted by molar-refractivity contribution is 1.01. The third-order valence-corrected chi connectivity index (χ3v) is 17.3. The third kappa shape index (κ3) is 20.8. The van der Waals surface area contributed by atoms with Crippen molar-refractivity contribution in [1.29, 1.82) is 0 Å². The molecule has 0 aliphatic carbocycles. The first-order valence-corrected chi connectivity index (χ1v) is 35.9. The molecule has 0 unspecified atom stereocenters. The predicted molar refractivity (Wildman–Crippen MR) is 450 cm³/mol. The van der Waals surface area contributed by atoms with E-state index >= 15 is 0 Å². The van der Waals surface area contributed by atoms with Gasteiger partial charge in [0.25, 0.3) is 0 Å². The Morgan fingerprint density at radius 1 is 0.231 bits per heavy atom. The standard InChI is InChI=1S/2C19H15N.C17H14N2.C13H11N.3C6H7N.2C5H6N2/c1-14-11-12-19-17(13-14)16-9-5-6-10-18(16)20(19)15-7-3-2-4-8-15;1-14-11-12-17-16-9-5-6-10-18(16)20(19(17)13-14)15-7-3-2-4-8-15;1-13-18-16(14-8-4-2-5-9-14)12-17(19-13)15-10-6-3-7-11-15;1-14-12-8-4-2-6-10(12)11-7-3-5-9-13(11)14;1-6-2-4-7-5-3-6;1-6-3-2-4-7-5-6;1-6-4-2-3-5-7-6;1-5-4-6-2-3-7-5;1-5-6-3-2-4-7-5/h2*2-13H,1H3;2-12H,1H3;2-9H,1H3;3*2-5H,1H3;2*2-4H,1H3. The van der Waals surface area contributed by atoms with Gasteiger partial charge in [0.15, 0.2) is 0 Å². The molecular formula is C96H88N12. The van der Waals surface area contributed by atoms with Gasteiger partial charge in [-0.3, -0.25) is 24.9 Å². The fourth-order valence-electron chi connectivity index (χ4n) is 12.1. The van der Waals surface area contributed by atoms with Crippen LogP contribution in [0.25, 0.3) is 99.3 Å². The molecule has 0 amide bonds. The monoisotopic (exact) mass is 1410 g/mol. The number of fused-ring (bicyclic) bond motifs is 9. The van der Waals surface area contributed by atoms with E-state index in [2.05, 4.69) is 298 Å². The number of pyridine rings is 3. The SMILES string of the molecule is Cc1ccc2c(c1)c1ccccc1n2-c1ccccc1.Cc1ccc2c3ccccc3n(-c3ccccc3)c2c1.Cc1ccccn1.Cc1cccnc1.Cc1ccncc1.Cc1cnccn1.Cc1nc(-c2ccccc2)cc(-c2ccccc2)n1.Cc1ncccn1.Cn1c2ccccc2c2ccccc21. The highest BCUT2D eigenvalue weighted by atomic mass is 15.0.